The van der Waals surface area contributed by atoms with E-state index < -0.39 is 5.82 Å². The molecule has 1 amide bonds. The van der Waals surface area contributed by atoms with Gasteiger partial charge in [0.05, 0.1) is 17.5 Å². The number of likely N-dealkylation sites (N-methyl/N-ethyl adjacent to an activating group) is 1. The average molecular weight is 358 g/mol. The number of nitrogens with one attached hydrogen (secondary N) is 3. The summed E-state index contributed by atoms with van der Waals surface area (Å²) in [7, 11) is 3.73. The Bertz CT molecular complexity index is 848. The highest BCUT2D eigenvalue weighted by Gasteiger charge is 2.32. The first-order valence-corrected chi connectivity index (χ1v) is 9.02. The molecule has 4 rings (SSSR count). The molecule has 2 aromatic rings. The molecule has 0 spiro atoms. The van der Waals surface area contributed by atoms with Crippen LogP contribution < -0.4 is 16.0 Å². The molecule has 7 nitrogen and oxygen atoms in total. The van der Waals surface area contributed by atoms with Crippen molar-refractivity contribution in [2.45, 2.75) is 44.3 Å². The fourth-order valence-electron chi connectivity index (χ4n) is 3.95. The molecule has 2 unspecified atom stereocenters. The molecule has 138 valence electrons. The third kappa shape index (κ3) is 2.84. The van der Waals surface area contributed by atoms with Crippen LogP contribution in [0.1, 0.15) is 41.6 Å². The van der Waals surface area contributed by atoms with E-state index in [4.69, 9.17) is 0 Å². The number of fused-ring (bicyclic) bond motifs is 1. The van der Waals surface area contributed by atoms with Crippen LogP contribution in [-0.2, 0) is 13.6 Å². The molecular weight excluding hydrogens is 335 g/mol. The van der Waals surface area contributed by atoms with Crippen LogP contribution in [0.4, 0.5) is 10.2 Å². The first-order chi connectivity index (χ1) is 12.6. The number of amides is 1. The molecule has 2 aliphatic rings. The predicted octanol–water partition coefficient (Wildman–Crippen LogP) is 1.81. The number of nitrogens with zero attached hydrogens (tertiary/aromatic N) is 3. The van der Waals surface area contributed by atoms with Crippen LogP contribution in [0.5, 0.6) is 0 Å². The van der Waals surface area contributed by atoms with Crippen LogP contribution in [-0.4, -0.2) is 39.8 Å². The minimum absolute atomic E-state index is 0.112. The topological polar surface area (TPSA) is 83.9 Å². The molecule has 1 fully saturated rings. The van der Waals surface area contributed by atoms with Gasteiger partial charge in [0.15, 0.2) is 11.6 Å². The Morgan fingerprint density at radius 3 is 2.77 bits per heavy atom. The van der Waals surface area contributed by atoms with Crippen molar-refractivity contribution in [3.63, 3.8) is 0 Å². The number of pyridine rings is 1. The number of rotatable bonds is 4. The molecule has 0 radical (unpaired) electrons. The van der Waals surface area contributed by atoms with Crippen LogP contribution in [0.25, 0.3) is 11.3 Å². The quantitative estimate of drug-likeness (QED) is 0.776. The zero-order valence-corrected chi connectivity index (χ0v) is 15.0. The Hall–Kier alpha value is -2.48. The molecule has 1 aliphatic carbocycles. The minimum atomic E-state index is -0.439. The maximum Gasteiger partial charge on any atom is 0.254 e. The van der Waals surface area contributed by atoms with Gasteiger partial charge in [0.2, 0.25) is 0 Å². The van der Waals surface area contributed by atoms with Crippen molar-refractivity contribution in [2.24, 2.45) is 7.05 Å². The summed E-state index contributed by atoms with van der Waals surface area (Å²) in [5.41, 5.74) is 1.87. The van der Waals surface area contributed by atoms with E-state index in [1.807, 2.05) is 7.05 Å². The van der Waals surface area contributed by atoms with E-state index in [0.29, 0.717) is 22.4 Å². The predicted molar refractivity (Wildman–Crippen MR) is 96.3 cm³/mol. The number of aryl methyl sites for hydroxylation is 1. The van der Waals surface area contributed by atoms with E-state index in [2.05, 4.69) is 26.0 Å². The lowest BCUT2D eigenvalue weighted by molar-refractivity contribution is 0.0966. The second kappa shape index (κ2) is 6.68. The number of carbonyl (C=O) groups excluding carboxylic acids is 1. The lowest BCUT2D eigenvalue weighted by Crippen LogP contribution is -2.45. The molecule has 3 heterocycles. The standard InChI is InChI=1S/C18H23FN6O/c1-20-12-5-3-4-6-13(12)23-17-15(19)11-8-21-18(26)14(11)16(24-17)10-7-22-25(2)9-10/h7,9,12-13,20H,3-6,8H2,1-2H3,(H,21,26)(H,23,24). The monoisotopic (exact) mass is 358 g/mol. The molecule has 1 aliphatic heterocycles. The average Bonchev–Trinajstić information content (AvgIpc) is 3.24. The van der Waals surface area contributed by atoms with Crippen molar-refractivity contribution in [1.29, 1.82) is 0 Å². The van der Waals surface area contributed by atoms with Crippen molar-refractivity contribution in [3.8, 4) is 11.3 Å². The minimum Gasteiger partial charge on any atom is -0.363 e. The summed E-state index contributed by atoms with van der Waals surface area (Å²) < 4.78 is 16.7. The fourth-order valence-corrected chi connectivity index (χ4v) is 3.95. The third-order valence-corrected chi connectivity index (χ3v) is 5.33. The molecule has 8 heteroatoms. The van der Waals surface area contributed by atoms with Gasteiger partial charge < -0.3 is 16.0 Å². The van der Waals surface area contributed by atoms with E-state index in [-0.39, 0.29) is 30.4 Å². The summed E-state index contributed by atoms with van der Waals surface area (Å²) in [5, 5.41) is 13.5. The molecule has 2 atom stereocenters. The maximum atomic E-state index is 15.1. The van der Waals surface area contributed by atoms with E-state index in [1.54, 1.807) is 24.1 Å². The van der Waals surface area contributed by atoms with Crippen LogP contribution in [0, 0.1) is 5.82 Å². The van der Waals surface area contributed by atoms with Gasteiger partial charge in [-0.1, -0.05) is 12.8 Å². The van der Waals surface area contributed by atoms with Crippen LogP contribution >= 0.6 is 0 Å². The number of aromatic nitrogens is 3. The van der Waals surface area contributed by atoms with Gasteiger partial charge in [0, 0.05) is 43.0 Å². The lowest BCUT2D eigenvalue weighted by Gasteiger charge is -2.32. The first-order valence-electron chi connectivity index (χ1n) is 9.02. The molecular formula is C18H23FN6O. The number of carbonyl (C=O) groups is 1. The largest absolute Gasteiger partial charge is 0.363 e. The summed E-state index contributed by atoms with van der Waals surface area (Å²) in [5.74, 6) is -0.514. The highest BCUT2D eigenvalue weighted by molar-refractivity contribution is 6.04. The Labute approximate surface area is 151 Å². The Balaban J connectivity index is 1.77. The van der Waals surface area contributed by atoms with Crippen molar-refractivity contribution in [2.75, 3.05) is 12.4 Å². The number of halogens is 1. The molecule has 26 heavy (non-hydrogen) atoms. The maximum absolute atomic E-state index is 15.1. The van der Waals surface area contributed by atoms with E-state index in [9.17, 15) is 4.79 Å². The molecule has 2 aromatic heterocycles. The Morgan fingerprint density at radius 1 is 1.31 bits per heavy atom. The summed E-state index contributed by atoms with van der Waals surface area (Å²) in [6.07, 6.45) is 7.72. The van der Waals surface area contributed by atoms with E-state index in [0.717, 1.165) is 19.3 Å². The summed E-state index contributed by atoms with van der Waals surface area (Å²) in [6, 6.07) is 0.389. The van der Waals surface area contributed by atoms with Gasteiger partial charge in [-0.3, -0.25) is 9.48 Å². The highest BCUT2D eigenvalue weighted by atomic mass is 19.1. The molecule has 0 bridgehead atoms. The summed E-state index contributed by atoms with van der Waals surface area (Å²) in [4.78, 5) is 16.8. The number of hydrogen-bond acceptors (Lipinski definition) is 5. The van der Waals surface area contributed by atoms with Crippen molar-refractivity contribution >= 4 is 11.7 Å². The van der Waals surface area contributed by atoms with Crippen molar-refractivity contribution in [3.05, 3.63) is 29.3 Å². The van der Waals surface area contributed by atoms with Gasteiger partial charge in [-0.05, 0) is 19.9 Å². The van der Waals surface area contributed by atoms with Crippen molar-refractivity contribution in [1.82, 2.24) is 25.4 Å². The summed E-state index contributed by atoms with van der Waals surface area (Å²) in [6.45, 7) is 0.185. The Morgan fingerprint density at radius 2 is 2.08 bits per heavy atom. The van der Waals surface area contributed by atoms with Gasteiger partial charge in [-0.25, -0.2) is 9.37 Å². The Kier molecular flexibility index (Phi) is 4.36. The van der Waals surface area contributed by atoms with Gasteiger partial charge in [0.25, 0.3) is 5.91 Å². The van der Waals surface area contributed by atoms with Crippen LogP contribution in [0.3, 0.4) is 0 Å². The van der Waals surface area contributed by atoms with Crippen LogP contribution in [0.15, 0.2) is 12.4 Å². The van der Waals surface area contributed by atoms with Crippen LogP contribution in [0.2, 0.25) is 0 Å². The second-order valence-corrected chi connectivity index (χ2v) is 6.99. The summed E-state index contributed by atoms with van der Waals surface area (Å²) >= 11 is 0. The third-order valence-electron chi connectivity index (χ3n) is 5.33. The first kappa shape index (κ1) is 17.0. The van der Waals surface area contributed by atoms with E-state index >= 15 is 4.39 Å². The zero-order chi connectivity index (χ0) is 18.3. The SMILES string of the molecule is CNC1CCCCC1Nc1nc(-c2cnn(C)c2)c2c(c1F)CNC2=O. The van der Waals surface area contributed by atoms with Gasteiger partial charge >= 0.3 is 0 Å². The smallest absolute Gasteiger partial charge is 0.254 e. The number of anilines is 1. The number of hydrogen-bond donors (Lipinski definition) is 3. The molecule has 3 N–H and O–H groups in total. The second-order valence-electron chi connectivity index (χ2n) is 6.99. The molecule has 1 saturated carbocycles. The fraction of sp³-hybridized carbons (Fsp3) is 0.500. The highest BCUT2D eigenvalue weighted by Crippen LogP contribution is 2.33. The molecule has 0 saturated heterocycles. The van der Waals surface area contributed by atoms with E-state index in [1.165, 1.54) is 6.42 Å². The molecule has 0 aromatic carbocycles. The zero-order valence-electron chi connectivity index (χ0n) is 15.0. The normalized spacial score (nSPS) is 22.2. The lowest BCUT2D eigenvalue weighted by atomic mass is 9.90. The van der Waals surface area contributed by atoms with Gasteiger partial charge in [-0.15, -0.1) is 0 Å². The van der Waals surface area contributed by atoms with Gasteiger partial charge in [-0.2, -0.15) is 5.10 Å². The van der Waals surface area contributed by atoms with Crippen molar-refractivity contribution < 1.29 is 9.18 Å². The van der Waals surface area contributed by atoms with Gasteiger partial charge in [0.1, 0.15) is 0 Å².